The van der Waals surface area contributed by atoms with E-state index in [0.29, 0.717) is 26.3 Å². The zero-order valence-electron chi connectivity index (χ0n) is 17.5. The predicted octanol–water partition coefficient (Wildman–Crippen LogP) is 1.28. The molecule has 1 atom stereocenters. The highest BCUT2D eigenvalue weighted by atomic mass is 16.5. The molecule has 2 rings (SSSR count). The van der Waals surface area contributed by atoms with Crippen molar-refractivity contribution < 1.29 is 18.9 Å². The normalized spacial score (nSPS) is 16.5. The van der Waals surface area contributed by atoms with Gasteiger partial charge in [0.05, 0.1) is 40.1 Å². The van der Waals surface area contributed by atoms with Gasteiger partial charge in [0.25, 0.3) is 0 Å². The maximum Gasteiger partial charge on any atom is 0.191 e. The highest BCUT2D eigenvalue weighted by Gasteiger charge is 2.24. The Morgan fingerprint density at radius 2 is 1.93 bits per heavy atom. The van der Waals surface area contributed by atoms with Crippen molar-refractivity contribution in [2.75, 3.05) is 73.9 Å². The van der Waals surface area contributed by atoms with Crippen LogP contribution in [0.2, 0.25) is 0 Å². The number of nitrogens with zero attached hydrogens (tertiary/aromatic N) is 2. The van der Waals surface area contributed by atoms with Crippen molar-refractivity contribution >= 4 is 5.96 Å². The van der Waals surface area contributed by atoms with Crippen LogP contribution in [0, 0.1) is 0 Å². The van der Waals surface area contributed by atoms with E-state index < -0.39 is 0 Å². The van der Waals surface area contributed by atoms with Crippen LogP contribution in [0.5, 0.6) is 11.5 Å². The maximum absolute atomic E-state index is 5.53. The molecule has 1 saturated heterocycles. The van der Waals surface area contributed by atoms with Gasteiger partial charge in [0.15, 0.2) is 17.5 Å². The third-order valence-corrected chi connectivity index (χ3v) is 4.71. The number of morpholine rings is 1. The lowest BCUT2D eigenvalue weighted by molar-refractivity contribution is 0.0169. The van der Waals surface area contributed by atoms with Gasteiger partial charge >= 0.3 is 0 Å². The lowest BCUT2D eigenvalue weighted by atomic mass is 10.0. The van der Waals surface area contributed by atoms with Crippen LogP contribution in [-0.4, -0.2) is 84.7 Å². The Labute approximate surface area is 168 Å². The van der Waals surface area contributed by atoms with Crippen LogP contribution in [0.3, 0.4) is 0 Å². The molecule has 8 heteroatoms. The first kappa shape index (κ1) is 22.3. The first-order chi connectivity index (χ1) is 13.7. The summed E-state index contributed by atoms with van der Waals surface area (Å²) in [5.74, 6) is 2.23. The number of nitrogens with one attached hydrogen (secondary N) is 2. The molecule has 0 amide bonds. The molecule has 2 N–H and O–H groups in total. The van der Waals surface area contributed by atoms with Gasteiger partial charge in [-0.15, -0.1) is 0 Å². The van der Waals surface area contributed by atoms with Gasteiger partial charge in [0, 0.05) is 39.8 Å². The number of aliphatic imine (C=N–C) groups is 1. The molecule has 1 heterocycles. The van der Waals surface area contributed by atoms with E-state index in [1.165, 1.54) is 0 Å². The molecule has 1 aliphatic heterocycles. The minimum absolute atomic E-state index is 0.161. The number of benzene rings is 1. The Kier molecular flexibility index (Phi) is 9.88. The number of hydrogen-bond acceptors (Lipinski definition) is 6. The molecule has 1 aromatic rings. The van der Waals surface area contributed by atoms with Gasteiger partial charge in [-0.2, -0.15) is 0 Å². The second-order valence-corrected chi connectivity index (χ2v) is 6.36. The summed E-state index contributed by atoms with van der Waals surface area (Å²) >= 11 is 0. The van der Waals surface area contributed by atoms with Crippen LogP contribution in [0.25, 0.3) is 0 Å². The quantitative estimate of drug-likeness (QED) is 0.352. The molecule has 0 spiro atoms. The topological polar surface area (TPSA) is 76.6 Å². The SMILES string of the molecule is CCOCCNC(=NC)NCC(c1ccc(OC)c(OC)c1)N1CCOCC1. The van der Waals surface area contributed by atoms with Crippen molar-refractivity contribution in [1.29, 1.82) is 0 Å². The minimum Gasteiger partial charge on any atom is -0.493 e. The summed E-state index contributed by atoms with van der Waals surface area (Å²) in [4.78, 5) is 6.73. The summed E-state index contributed by atoms with van der Waals surface area (Å²) in [5, 5.41) is 6.72. The Morgan fingerprint density at radius 3 is 2.57 bits per heavy atom. The van der Waals surface area contributed by atoms with Crippen LogP contribution in [0.15, 0.2) is 23.2 Å². The third kappa shape index (κ3) is 6.54. The first-order valence-electron chi connectivity index (χ1n) is 9.79. The monoisotopic (exact) mass is 394 g/mol. The number of rotatable bonds is 10. The lowest BCUT2D eigenvalue weighted by Crippen LogP contribution is -2.46. The summed E-state index contributed by atoms with van der Waals surface area (Å²) in [6.45, 7) is 8.04. The highest BCUT2D eigenvalue weighted by Crippen LogP contribution is 2.32. The fourth-order valence-corrected chi connectivity index (χ4v) is 3.21. The van der Waals surface area contributed by atoms with Gasteiger partial charge in [-0.3, -0.25) is 9.89 Å². The Bertz CT molecular complexity index is 606. The number of methoxy groups -OCH3 is 2. The largest absolute Gasteiger partial charge is 0.493 e. The fraction of sp³-hybridized carbons (Fsp3) is 0.650. The fourth-order valence-electron chi connectivity index (χ4n) is 3.21. The van der Waals surface area contributed by atoms with E-state index in [-0.39, 0.29) is 6.04 Å². The molecule has 1 aromatic carbocycles. The van der Waals surface area contributed by atoms with Crippen molar-refractivity contribution in [3.63, 3.8) is 0 Å². The molecule has 1 fully saturated rings. The number of hydrogen-bond donors (Lipinski definition) is 2. The number of guanidine groups is 1. The third-order valence-electron chi connectivity index (χ3n) is 4.71. The van der Waals surface area contributed by atoms with E-state index in [2.05, 4.69) is 26.6 Å². The van der Waals surface area contributed by atoms with Gasteiger partial charge in [0.2, 0.25) is 0 Å². The minimum atomic E-state index is 0.161. The molecular weight excluding hydrogens is 360 g/mol. The summed E-state index contributed by atoms with van der Waals surface area (Å²) in [6, 6.07) is 6.26. The van der Waals surface area contributed by atoms with Gasteiger partial charge in [-0.25, -0.2) is 0 Å². The van der Waals surface area contributed by atoms with Crippen LogP contribution in [0.4, 0.5) is 0 Å². The highest BCUT2D eigenvalue weighted by molar-refractivity contribution is 5.79. The first-order valence-corrected chi connectivity index (χ1v) is 9.79. The molecule has 0 saturated carbocycles. The summed E-state index contributed by atoms with van der Waals surface area (Å²) in [6.07, 6.45) is 0. The lowest BCUT2D eigenvalue weighted by Gasteiger charge is -2.35. The van der Waals surface area contributed by atoms with Gasteiger partial charge in [-0.05, 0) is 24.6 Å². The van der Waals surface area contributed by atoms with E-state index in [1.807, 2.05) is 19.1 Å². The van der Waals surface area contributed by atoms with Crippen molar-refractivity contribution in [1.82, 2.24) is 15.5 Å². The van der Waals surface area contributed by atoms with Crippen molar-refractivity contribution in [2.45, 2.75) is 13.0 Å². The van der Waals surface area contributed by atoms with Crippen LogP contribution < -0.4 is 20.1 Å². The molecule has 1 unspecified atom stereocenters. The van der Waals surface area contributed by atoms with Crippen LogP contribution in [0.1, 0.15) is 18.5 Å². The van der Waals surface area contributed by atoms with E-state index in [9.17, 15) is 0 Å². The zero-order chi connectivity index (χ0) is 20.2. The van der Waals surface area contributed by atoms with E-state index in [0.717, 1.165) is 49.3 Å². The summed E-state index contributed by atoms with van der Waals surface area (Å²) in [5.41, 5.74) is 1.16. The van der Waals surface area contributed by atoms with Gasteiger partial charge in [-0.1, -0.05) is 6.07 Å². The van der Waals surface area contributed by atoms with Crippen LogP contribution >= 0.6 is 0 Å². The van der Waals surface area contributed by atoms with Crippen LogP contribution in [-0.2, 0) is 9.47 Å². The average Bonchev–Trinajstić information content (AvgIpc) is 2.75. The Balaban J connectivity index is 2.09. The molecule has 8 nitrogen and oxygen atoms in total. The number of ether oxygens (including phenoxy) is 4. The summed E-state index contributed by atoms with van der Waals surface area (Å²) < 4.78 is 21.8. The standard InChI is InChI=1S/C20H34N4O4/c1-5-27-11-8-22-20(21-2)23-15-17(24-9-12-28-13-10-24)16-6-7-18(25-3)19(14-16)26-4/h6-7,14,17H,5,8-13,15H2,1-4H3,(H2,21,22,23). The van der Waals surface area contributed by atoms with Crippen molar-refractivity contribution in [3.8, 4) is 11.5 Å². The predicted molar refractivity (Wildman–Crippen MR) is 111 cm³/mol. The van der Waals surface area contributed by atoms with Gasteiger partial charge < -0.3 is 29.6 Å². The van der Waals surface area contributed by atoms with Gasteiger partial charge in [0.1, 0.15) is 0 Å². The van der Waals surface area contributed by atoms with E-state index >= 15 is 0 Å². The second-order valence-electron chi connectivity index (χ2n) is 6.36. The van der Waals surface area contributed by atoms with E-state index in [1.54, 1.807) is 21.3 Å². The second kappa shape index (κ2) is 12.4. The molecule has 0 radical (unpaired) electrons. The molecule has 28 heavy (non-hydrogen) atoms. The van der Waals surface area contributed by atoms with Crippen molar-refractivity contribution in [3.05, 3.63) is 23.8 Å². The van der Waals surface area contributed by atoms with Crippen molar-refractivity contribution in [2.24, 2.45) is 4.99 Å². The molecule has 0 bridgehead atoms. The average molecular weight is 395 g/mol. The molecular formula is C20H34N4O4. The molecule has 0 aromatic heterocycles. The van der Waals surface area contributed by atoms with E-state index in [4.69, 9.17) is 18.9 Å². The smallest absolute Gasteiger partial charge is 0.191 e. The Hall–Kier alpha value is -2.03. The molecule has 0 aliphatic carbocycles. The Morgan fingerprint density at radius 1 is 1.18 bits per heavy atom. The molecule has 158 valence electrons. The zero-order valence-corrected chi connectivity index (χ0v) is 17.5. The molecule has 1 aliphatic rings. The summed E-state index contributed by atoms with van der Waals surface area (Å²) in [7, 11) is 5.08. The maximum atomic E-state index is 5.53.